The van der Waals surface area contributed by atoms with Crippen LogP contribution in [0, 0.1) is 0 Å². The molecule has 0 radical (unpaired) electrons. The van der Waals surface area contributed by atoms with E-state index >= 15 is 0 Å². The zero-order valence-electron chi connectivity index (χ0n) is 3.39. The zero-order chi connectivity index (χ0) is 5.54. The van der Waals surface area contributed by atoms with Gasteiger partial charge in [0.15, 0.2) is 0 Å². The van der Waals surface area contributed by atoms with E-state index in [1.807, 2.05) is 0 Å². The van der Waals surface area contributed by atoms with Crippen LogP contribution in [0.25, 0.3) is 20.9 Å². The molecule has 0 unspecified atom stereocenters. The van der Waals surface area contributed by atoms with Crippen LogP contribution in [0.5, 0.6) is 0 Å². The van der Waals surface area contributed by atoms with Gasteiger partial charge >= 0.3 is 44.9 Å². The summed E-state index contributed by atoms with van der Waals surface area (Å²) >= 11 is -1.53. The third-order valence-electron chi connectivity index (χ3n) is 0.253. The second-order valence-corrected chi connectivity index (χ2v) is 2.38. The van der Waals surface area contributed by atoms with Gasteiger partial charge in [-0.15, -0.1) is 0 Å². The minimum absolute atomic E-state index is 1.53. The summed E-state index contributed by atoms with van der Waals surface area (Å²) < 4.78 is 6.22. The Kier molecular flexibility index (Phi) is 4.55. The van der Waals surface area contributed by atoms with Crippen molar-refractivity contribution in [2.45, 2.75) is 0 Å². The molecule has 0 saturated heterocycles. The summed E-state index contributed by atoms with van der Waals surface area (Å²) in [6.45, 7) is 0. The second kappa shape index (κ2) is 5.16. The molecule has 0 spiro atoms. The Balaban J connectivity index is 3.33. The van der Waals surface area contributed by atoms with Crippen LogP contribution in [-0.4, -0.2) is 15.9 Å². The van der Waals surface area contributed by atoms with Crippen LogP contribution < -0.4 is 0 Å². The van der Waals surface area contributed by atoms with Crippen LogP contribution >= 0.6 is 0 Å². The number of azide groups is 1. The zero-order valence-corrected chi connectivity index (χ0v) is 6.36. The molecule has 0 bridgehead atoms. The van der Waals surface area contributed by atoms with Gasteiger partial charge in [0.2, 0.25) is 0 Å². The van der Waals surface area contributed by atoms with Crippen LogP contribution in [0.4, 0.5) is 0 Å². The van der Waals surface area contributed by atoms with E-state index < -0.39 is 15.9 Å². The van der Waals surface area contributed by atoms with Gasteiger partial charge in [-0.25, -0.2) is 0 Å². The van der Waals surface area contributed by atoms with Crippen molar-refractivity contribution in [1.29, 1.82) is 0 Å². The van der Waals surface area contributed by atoms with Gasteiger partial charge in [-0.05, 0) is 0 Å². The third-order valence-corrected chi connectivity index (χ3v) is 1.31. The van der Waals surface area contributed by atoms with Gasteiger partial charge in [-0.3, -0.25) is 0 Å². The van der Waals surface area contributed by atoms with Crippen LogP contribution in [-0.2, 0) is 0 Å². The van der Waals surface area contributed by atoms with Crippen LogP contribution in [0.15, 0.2) is 8.14 Å². The Labute approximate surface area is 45.7 Å². The van der Waals surface area contributed by atoms with E-state index in [9.17, 15) is 0 Å². The number of hydrogen-bond donors (Lipinski definition) is 0. The van der Waals surface area contributed by atoms with Crippen molar-refractivity contribution in [3.63, 3.8) is 0 Å². The summed E-state index contributed by atoms with van der Waals surface area (Å²) in [6, 6.07) is 0. The SMILES string of the molecule is [N-]=[N+]=[N][GeH2][N]=[N+]=[N-]. The summed E-state index contributed by atoms with van der Waals surface area (Å²) in [5.41, 5.74) is 15.2. The van der Waals surface area contributed by atoms with Crippen molar-refractivity contribution in [2.75, 3.05) is 0 Å². The number of rotatable bonds is 2. The molecule has 0 aromatic carbocycles. The first-order valence-electron chi connectivity index (χ1n) is 1.43. The number of hydrogen-bond acceptors (Lipinski definition) is 2. The van der Waals surface area contributed by atoms with Crippen LogP contribution in [0.3, 0.4) is 0 Å². The molecule has 6 nitrogen and oxygen atoms in total. The molecule has 0 rings (SSSR count). The van der Waals surface area contributed by atoms with E-state index in [4.69, 9.17) is 11.1 Å². The van der Waals surface area contributed by atoms with Crippen molar-refractivity contribution in [2.24, 2.45) is 8.14 Å². The predicted molar refractivity (Wildman–Crippen MR) is 26.8 cm³/mol. The standard InChI is InChI=1S/GeH2N6/c2-6-4-1-5-7-3/h1H2. The van der Waals surface area contributed by atoms with Crippen molar-refractivity contribution in [3.8, 4) is 0 Å². The fraction of sp³-hybridized carbons (Fsp3) is 0. The molecule has 0 amide bonds. The van der Waals surface area contributed by atoms with E-state index in [0.29, 0.717) is 0 Å². The molecule has 0 fully saturated rings. The molecule has 0 saturated carbocycles. The minimum atomic E-state index is -1.53. The number of nitrogens with zero attached hydrogens (tertiary/aromatic N) is 6. The Morgan fingerprint density at radius 1 is 1.14 bits per heavy atom. The fourth-order valence-electron chi connectivity index (χ4n) is 0.0849. The summed E-state index contributed by atoms with van der Waals surface area (Å²) in [7, 11) is 0. The summed E-state index contributed by atoms with van der Waals surface area (Å²) in [6.07, 6.45) is 0. The van der Waals surface area contributed by atoms with Gasteiger partial charge in [-0.2, -0.15) is 0 Å². The maximum absolute atomic E-state index is 7.61. The molecule has 0 aliphatic carbocycles. The van der Waals surface area contributed by atoms with Gasteiger partial charge in [0.1, 0.15) is 0 Å². The molecule has 0 aromatic heterocycles. The topological polar surface area (TPSA) is 97.5 Å². The van der Waals surface area contributed by atoms with Crippen molar-refractivity contribution >= 4 is 15.9 Å². The van der Waals surface area contributed by atoms with E-state index in [1.54, 1.807) is 0 Å². The van der Waals surface area contributed by atoms with E-state index in [1.165, 1.54) is 0 Å². The molecule has 7 heavy (non-hydrogen) atoms. The average molecular weight is 159 g/mol. The molecule has 0 aromatic rings. The molecule has 36 valence electrons. The average Bonchev–Trinajstić information content (AvgIpc) is 1.69. The van der Waals surface area contributed by atoms with E-state index in [-0.39, 0.29) is 0 Å². The van der Waals surface area contributed by atoms with E-state index in [2.05, 4.69) is 18.0 Å². The quantitative estimate of drug-likeness (QED) is 0.244. The van der Waals surface area contributed by atoms with Crippen molar-refractivity contribution < 1.29 is 0 Å². The molecule has 0 aliphatic rings. The van der Waals surface area contributed by atoms with Gasteiger partial charge in [0.25, 0.3) is 0 Å². The third kappa shape index (κ3) is 5.16. The summed E-state index contributed by atoms with van der Waals surface area (Å²) in [4.78, 5) is 4.83. The fourth-order valence-corrected chi connectivity index (χ4v) is 0.441. The van der Waals surface area contributed by atoms with Gasteiger partial charge < -0.3 is 0 Å². The van der Waals surface area contributed by atoms with Crippen LogP contribution in [0.1, 0.15) is 0 Å². The van der Waals surface area contributed by atoms with Crippen LogP contribution in [0.2, 0.25) is 0 Å². The monoisotopic (exact) mass is 160 g/mol. The summed E-state index contributed by atoms with van der Waals surface area (Å²) in [5, 5.41) is 0. The first kappa shape index (κ1) is 6.16. The van der Waals surface area contributed by atoms with Gasteiger partial charge in [-0.1, -0.05) is 0 Å². The predicted octanol–water partition coefficient (Wildman–Crippen LogP) is 0.606. The first-order chi connectivity index (χ1) is 3.41. The molecule has 0 heterocycles. The Hall–Kier alpha value is -0.837. The molecule has 0 aliphatic heterocycles. The Morgan fingerprint density at radius 3 is 1.86 bits per heavy atom. The second-order valence-electron chi connectivity index (χ2n) is 0.603. The maximum atomic E-state index is 7.61. The molecule has 0 atom stereocenters. The molecular weight excluding hydrogens is 157 g/mol. The Morgan fingerprint density at radius 2 is 1.57 bits per heavy atom. The van der Waals surface area contributed by atoms with Gasteiger partial charge in [0.05, 0.1) is 0 Å². The molecular formula is H2GeN6. The van der Waals surface area contributed by atoms with E-state index in [0.717, 1.165) is 0 Å². The van der Waals surface area contributed by atoms with Gasteiger partial charge in [0, 0.05) is 0 Å². The van der Waals surface area contributed by atoms with Crippen molar-refractivity contribution in [3.05, 3.63) is 20.9 Å². The van der Waals surface area contributed by atoms with Crippen molar-refractivity contribution in [1.82, 2.24) is 0 Å². The summed E-state index contributed by atoms with van der Waals surface area (Å²) in [5.74, 6) is 0. The Bertz CT molecular complexity index is 107. The normalized spacial score (nSPS) is 7.43. The first-order valence-corrected chi connectivity index (χ1v) is 4.09. The molecule has 7 heteroatoms. The molecule has 0 N–H and O–H groups in total.